The van der Waals surface area contributed by atoms with Crippen molar-refractivity contribution in [3.8, 4) is 5.75 Å². The van der Waals surface area contributed by atoms with E-state index >= 15 is 0 Å². The summed E-state index contributed by atoms with van der Waals surface area (Å²) in [5, 5.41) is 24.7. The van der Waals surface area contributed by atoms with E-state index in [2.05, 4.69) is 11.7 Å². The summed E-state index contributed by atoms with van der Waals surface area (Å²) in [4.78, 5) is 26.1. The first-order valence-electron chi connectivity index (χ1n) is 11.5. The molecule has 10 nitrogen and oxygen atoms in total. The Balaban J connectivity index is 1.76. The number of nitrogens with one attached hydrogen (secondary N) is 1. The molecule has 1 unspecified atom stereocenters. The van der Waals surface area contributed by atoms with Crippen LogP contribution in [0.3, 0.4) is 0 Å². The number of amides is 1. The van der Waals surface area contributed by atoms with Crippen molar-refractivity contribution in [3.05, 3.63) is 54.8 Å². The molecule has 2 heterocycles. The van der Waals surface area contributed by atoms with Gasteiger partial charge in [0.05, 0.1) is 19.1 Å². The van der Waals surface area contributed by atoms with Gasteiger partial charge >= 0.3 is 12.6 Å². The number of carbonyl (C=O) groups is 2. The van der Waals surface area contributed by atoms with Gasteiger partial charge in [0.15, 0.2) is 6.23 Å². The zero-order valence-electron chi connectivity index (χ0n) is 20.7. The molecule has 1 aromatic carbocycles. The first-order chi connectivity index (χ1) is 16.8. The van der Waals surface area contributed by atoms with Crippen LogP contribution >= 0.6 is 6.64 Å². The number of allylic oxidation sites excluding steroid dienone is 1. The van der Waals surface area contributed by atoms with E-state index in [1.165, 1.54) is 18.0 Å². The van der Waals surface area contributed by atoms with E-state index in [0.29, 0.717) is 11.3 Å². The van der Waals surface area contributed by atoms with E-state index in [1.54, 1.807) is 51.1 Å². The number of aliphatic hydroxyl groups excluding tert-OH is 1. The predicted molar refractivity (Wildman–Crippen MR) is 136 cm³/mol. The highest BCUT2D eigenvalue weighted by molar-refractivity contribution is 8.09. The maximum Gasteiger partial charge on any atom is 0.323 e. The summed E-state index contributed by atoms with van der Waals surface area (Å²) in [5.41, 5.74) is -1.17. The van der Waals surface area contributed by atoms with Crippen molar-refractivity contribution in [2.75, 3.05) is 6.61 Å². The number of ether oxygens (including phenoxy) is 2. The lowest BCUT2D eigenvalue weighted by atomic mass is 9.95. The number of hydrogen-bond acceptors (Lipinski definition) is 9. The average molecular weight is 541 g/mol. The first kappa shape index (κ1) is 28.5. The van der Waals surface area contributed by atoms with Crippen molar-refractivity contribution in [1.82, 2.24) is 9.99 Å². The molecule has 0 bridgehead atoms. The minimum Gasteiger partial charge on any atom is -0.462 e. The fourth-order valence-electron chi connectivity index (χ4n) is 3.71. The second kappa shape index (κ2) is 11.5. The second-order valence-corrected chi connectivity index (χ2v) is 12.3. The molecule has 12 heteroatoms. The van der Waals surface area contributed by atoms with Gasteiger partial charge in [0.2, 0.25) is 5.91 Å². The molecule has 0 aromatic heterocycles. The Morgan fingerprint density at radius 1 is 1.36 bits per heavy atom. The average Bonchev–Trinajstić information content (AvgIpc) is 3.01. The van der Waals surface area contributed by atoms with Crippen molar-refractivity contribution in [2.24, 2.45) is 0 Å². The van der Waals surface area contributed by atoms with Crippen LogP contribution in [0.4, 0.5) is 0 Å². The first-order valence-corrected chi connectivity index (χ1v) is 14.2. The van der Waals surface area contributed by atoms with E-state index < -0.39 is 42.7 Å². The molecule has 6 atom stereocenters. The monoisotopic (exact) mass is 540 g/mol. The SMILES string of the molecule is C=C1C=CN([C@@H]2O[C@H](COP(=S)(N[C@@H](C)C(=O)OC(C)C)Oc3ccccc3)[C@@H](O)[C@@]2(C)O)C(=O)C1. The minimum atomic E-state index is -3.38. The number of para-hydroxylation sites is 1. The van der Waals surface area contributed by atoms with Crippen LogP contribution in [-0.4, -0.2) is 69.8 Å². The second-order valence-electron chi connectivity index (χ2n) is 9.18. The van der Waals surface area contributed by atoms with Gasteiger partial charge in [0.25, 0.3) is 0 Å². The molecule has 198 valence electrons. The maximum atomic E-state index is 12.5. The summed E-state index contributed by atoms with van der Waals surface area (Å²) in [5.74, 6) is -0.436. The molecular formula is C24H33N2O8PS. The number of esters is 1. The van der Waals surface area contributed by atoms with Crippen LogP contribution in [0.15, 0.2) is 54.8 Å². The van der Waals surface area contributed by atoms with Gasteiger partial charge in [0.1, 0.15) is 29.6 Å². The highest BCUT2D eigenvalue weighted by Crippen LogP contribution is 2.46. The molecule has 2 aliphatic heterocycles. The molecule has 36 heavy (non-hydrogen) atoms. The normalized spacial score (nSPS) is 28.8. The Bertz CT molecular complexity index is 1050. The lowest BCUT2D eigenvalue weighted by Gasteiger charge is -2.35. The molecule has 0 aliphatic carbocycles. The van der Waals surface area contributed by atoms with Gasteiger partial charge in [-0.2, -0.15) is 0 Å². The third-order valence-corrected chi connectivity index (χ3v) is 8.08. The molecule has 2 aliphatic rings. The van der Waals surface area contributed by atoms with E-state index in [-0.39, 0.29) is 25.0 Å². The maximum absolute atomic E-state index is 12.5. The number of rotatable bonds is 10. The van der Waals surface area contributed by atoms with Crippen molar-refractivity contribution < 1.29 is 38.3 Å². The van der Waals surface area contributed by atoms with Gasteiger partial charge in [-0.1, -0.05) is 24.8 Å². The molecule has 3 rings (SSSR count). The van der Waals surface area contributed by atoms with Crippen LogP contribution in [0.1, 0.15) is 34.1 Å². The Hall–Kier alpha value is -2.11. The molecule has 1 fully saturated rings. The summed E-state index contributed by atoms with van der Waals surface area (Å²) < 4.78 is 23.0. The van der Waals surface area contributed by atoms with Crippen molar-refractivity contribution >= 4 is 30.3 Å². The van der Waals surface area contributed by atoms with Crippen LogP contribution in [0.25, 0.3) is 0 Å². The van der Waals surface area contributed by atoms with E-state index in [4.69, 9.17) is 30.3 Å². The zero-order chi connectivity index (χ0) is 26.7. The molecule has 0 spiro atoms. The van der Waals surface area contributed by atoms with Crippen molar-refractivity contribution in [3.63, 3.8) is 0 Å². The Labute approximate surface area is 216 Å². The number of carbonyl (C=O) groups excluding carboxylic acids is 2. The van der Waals surface area contributed by atoms with Crippen LogP contribution in [-0.2, 0) is 35.4 Å². The molecule has 1 aromatic rings. The molecular weight excluding hydrogens is 507 g/mol. The molecule has 0 saturated carbocycles. The number of aliphatic hydroxyl groups is 2. The van der Waals surface area contributed by atoms with Crippen LogP contribution in [0.5, 0.6) is 5.75 Å². The molecule has 1 amide bonds. The molecule has 0 radical (unpaired) electrons. The lowest BCUT2D eigenvalue weighted by molar-refractivity contribution is -0.156. The highest BCUT2D eigenvalue weighted by Gasteiger charge is 2.55. The summed E-state index contributed by atoms with van der Waals surface area (Å²) >= 11 is 5.67. The van der Waals surface area contributed by atoms with Gasteiger partial charge in [-0.25, -0.2) is 5.09 Å². The fraction of sp³-hybridized carbons (Fsp3) is 0.500. The quantitative estimate of drug-likeness (QED) is 0.301. The Kier molecular flexibility index (Phi) is 9.11. The van der Waals surface area contributed by atoms with Crippen molar-refractivity contribution in [2.45, 2.75) is 70.3 Å². The topological polar surface area (TPSA) is 127 Å². The van der Waals surface area contributed by atoms with Gasteiger partial charge < -0.3 is 28.7 Å². The lowest BCUT2D eigenvalue weighted by Crippen LogP contribution is -2.53. The van der Waals surface area contributed by atoms with E-state index in [9.17, 15) is 19.8 Å². The summed E-state index contributed by atoms with van der Waals surface area (Å²) in [6, 6.07) is 7.85. The predicted octanol–water partition coefficient (Wildman–Crippen LogP) is 2.38. The Morgan fingerprint density at radius 3 is 2.64 bits per heavy atom. The smallest absolute Gasteiger partial charge is 0.323 e. The largest absolute Gasteiger partial charge is 0.462 e. The standard InChI is InChI=1S/C24H33N2O8PS/c1-15(2)32-22(29)17(4)25-35(36,34-18-9-7-6-8-10-18)31-14-19-21(28)24(5,30)23(33-19)26-12-11-16(3)13-20(26)27/h6-12,15,17,19,21,23,28,30H,3,13-14H2,1-2,4-5H3,(H,25,36)/t17-,19+,21+,23+,24+,35?/m0/s1. The fourth-order valence-corrected chi connectivity index (χ4v) is 6.12. The van der Waals surface area contributed by atoms with Crippen LogP contribution in [0, 0.1) is 0 Å². The summed E-state index contributed by atoms with van der Waals surface area (Å²) in [6.07, 6.45) is -0.736. The van der Waals surface area contributed by atoms with Crippen molar-refractivity contribution in [1.29, 1.82) is 0 Å². The number of benzene rings is 1. The number of hydrogen-bond donors (Lipinski definition) is 3. The minimum absolute atomic E-state index is 0.0731. The van der Waals surface area contributed by atoms with Gasteiger partial charge in [-0.3, -0.25) is 14.5 Å². The van der Waals surface area contributed by atoms with Gasteiger partial charge in [0, 0.05) is 6.20 Å². The van der Waals surface area contributed by atoms with Gasteiger partial charge in [-0.15, -0.1) is 0 Å². The third kappa shape index (κ3) is 6.80. The molecule has 1 saturated heterocycles. The molecule has 3 N–H and O–H groups in total. The van der Waals surface area contributed by atoms with Gasteiger partial charge in [-0.05, 0) is 63.3 Å². The number of nitrogens with zero attached hydrogens (tertiary/aromatic N) is 1. The van der Waals surface area contributed by atoms with E-state index in [1.807, 2.05) is 6.07 Å². The van der Waals surface area contributed by atoms with Crippen LogP contribution in [0.2, 0.25) is 0 Å². The highest BCUT2D eigenvalue weighted by atomic mass is 32.5. The van der Waals surface area contributed by atoms with Crippen LogP contribution < -0.4 is 9.61 Å². The summed E-state index contributed by atoms with van der Waals surface area (Å²) in [7, 11) is 0. The summed E-state index contributed by atoms with van der Waals surface area (Å²) in [6.45, 7) is 6.52. The van der Waals surface area contributed by atoms with E-state index in [0.717, 1.165) is 0 Å². The Morgan fingerprint density at radius 2 is 2.03 bits per heavy atom. The zero-order valence-corrected chi connectivity index (χ0v) is 22.4. The third-order valence-electron chi connectivity index (χ3n) is 5.58.